The van der Waals surface area contributed by atoms with Crippen molar-refractivity contribution in [2.24, 2.45) is 0 Å². The lowest BCUT2D eigenvalue weighted by atomic mass is 10.0. The Morgan fingerprint density at radius 2 is 0.409 bits per heavy atom. The van der Waals surface area contributed by atoms with Gasteiger partial charge in [0.2, 0.25) is 5.95 Å². The van der Waals surface area contributed by atoms with Gasteiger partial charge in [-0.05, 0) is 220 Å². The molecule has 0 saturated heterocycles. The van der Waals surface area contributed by atoms with E-state index >= 15 is 0 Å². The summed E-state index contributed by atoms with van der Waals surface area (Å²) in [6.07, 6.45) is 9.58. The Hall–Kier alpha value is -18.0. The van der Waals surface area contributed by atoms with Crippen LogP contribution in [0.3, 0.4) is 0 Å². The van der Waals surface area contributed by atoms with Crippen molar-refractivity contribution in [3.05, 3.63) is 474 Å². The van der Waals surface area contributed by atoms with Crippen molar-refractivity contribution in [3.63, 3.8) is 0 Å². The third-order valence-electron chi connectivity index (χ3n) is 25.8. The van der Waals surface area contributed by atoms with Crippen molar-refractivity contribution in [2.75, 3.05) is 0 Å². The molecule has 0 amide bonds. The van der Waals surface area contributed by atoms with Gasteiger partial charge in [0.15, 0.2) is 11.6 Å². The summed E-state index contributed by atoms with van der Waals surface area (Å²) in [5, 5.41) is 13.1. The van der Waals surface area contributed by atoms with Crippen LogP contribution in [0.25, 0.3) is 233 Å². The second kappa shape index (κ2) is 32.1. The molecular formula is C120H78N12. The Labute approximate surface area is 758 Å². The van der Waals surface area contributed by atoms with Crippen LogP contribution in [0, 0.1) is 0 Å². The van der Waals surface area contributed by atoms with Crippen molar-refractivity contribution in [3.8, 4) is 102 Å². The highest BCUT2D eigenvalue weighted by molar-refractivity contribution is 6.16. The maximum atomic E-state index is 5.08. The predicted molar refractivity (Wildman–Crippen MR) is 545 cm³/mol. The van der Waals surface area contributed by atoms with Crippen LogP contribution >= 0.6 is 0 Å². The van der Waals surface area contributed by atoms with Crippen molar-refractivity contribution in [2.45, 2.75) is 0 Å². The second-order valence-electron chi connectivity index (χ2n) is 33.4. The van der Waals surface area contributed by atoms with Crippen LogP contribution in [0.5, 0.6) is 0 Å². The minimum absolute atomic E-state index is 0.583. The van der Waals surface area contributed by atoms with E-state index in [4.69, 9.17) is 19.9 Å². The molecule has 27 aromatic rings. The minimum Gasteiger partial charge on any atom is -0.309 e. The summed E-state index contributed by atoms with van der Waals surface area (Å²) in [7, 11) is 0. The third kappa shape index (κ3) is 13.1. The van der Waals surface area contributed by atoms with Crippen molar-refractivity contribution in [1.29, 1.82) is 0 Å². The normalized spacial score (nSPS) is 11.6. The third-order valence-corrected chi connectivity index (χ3v) is 25.8. The average Bonchev–Trinajstić information content (AvgIpc) is 1.58. The van der Waals surface area contributed by atoms with Crippen molar-refractivity contribution < 1.29 is 0 Å². The number of nitrogens with zero attached hydrogens (tertiary/aromatic N) is 12. The molecule has 0 radical (unpaired) electrons. The zero-order valence-electron chi connectivity index (χ0n) is 71.4. The molecule has 0 atom stereocenters. The molecule has 0 aliphatic rings. The number of rotatable bonds is 12. The quantitative estimate of drug-likeness (QED) is 0.121. The lowest BCUT2D eigenvalue weighted by molar-refractivity contribution is 0.953. The molecule has 10 heterocycles. The Bertz CT molecular complexity index is 8900. The lowest BCUT2D eigenvalue weighted by Gasteiger charge is -2.11. The summed E-state index contributed by atoms with van der Waals surface area (Å²) in [6.45, 7) is 0. The van der Waals surface area contributed by atoms with Crippen molar-refractivity contribution >= 4 is 131 Å². The van der Waals surface area contributed by atoms with Gasteiger partial charge < -0.3 is 22.8 Å². The van der Waals surface area contributed by atoms with E-state index in [1.165, 1.54) is 99.0 Å². The largest absolute Gasteiger partial charge is 0.309 e. The molecule has 0 bridgehead atoms. The highest BCUT2D eigenvalue weighted by atomic mass is 15.2. The van der Waals surface area contributed by atoms with Crippen LogP contribution in [0.1, 0.15) is 0 Å². The fourth-order valence-corrected chi connectivity index (χ4v) is 19.8. The van der Waals surface area contributed by atoms with E-state index in [0.717, 1.165) is 116 Å². The minimum atomic E-state index is 0.583. The first-order valence-electron chi connectivity index (χ1n) is 44.5. The molecule has 10 aromatic heterocycles. The fraction of sp³-hybridized carbons (Fsp3) is 0. The number of benzene rings is 17. The van der Waals surface area contributed by atoms with Gasteiger partial charge in [0.1, 0.15) is 0 Å². The monoisotopic (exact) mass is 1690 g/mol. The topological polar surface area (TPSA) is 107 Å². The molecule has 0 aliphatic carbocycles. The standard InChI is InChI=1S/C44H28N6.C41H27N3.C35H23N3/c1-4-12-29(13-5-1)42-46-43(30-14-6-2-7-15-30)48-44(47-42)50-38-19-11-10-18-34(38)35-26-31(21-23-40(35)50)32-20-22-39-36(27-32)37-28-45-25-24-41(37)49(39)33-16-8-3-9-17-33;1-3-9-28(10-4-1)29-15-19-33(20-16-29)44-38-14-8-7-13-34(38)35-25-30(17-21-39(35)44)31-18-22-40-36(26-31)37-27-42-24-23-41(37)43(40)32-11-5-2-6-12-32;1-3-10-26(11-4-1)37-31-15-8-7-14-28(31)29-22-24(17-19-32(29)37)25-18-20-33-30(23-25)35-34(16-9-21-36-35)38(33)27-12-5-2-6-13-27/h1-28H;1-27H;1-23H. The molecular weight excluding hydrogens is 1610 g/mol. The van der Waals surface area contributed by atoms with Gasteiger partial charge in [-0.25, -0.2) is 4.98 Å². The molecule has 618 valence electrons. The zero-order chi connectivity index (χ0) is 87.1. The number of hydrogen-bond acceptors (Lipinski definition) is 6. The van der Waals surface area contributed by atoms with Crippen LogP contribution in [0.15, 0.2) is 474 Å². The molecule has 12 heteroatoms. The van der Waals surface area contributed by atoms with E-state index in [-0.39, 0.29) is 0 Å². The molecule has 0 saturated carbocycles. The van der Waals surface area contributed by atoms with E-state index in [9.17, 15) is 0 Å². The molecule has 0 unspecified atom stereocenters. The number of fused-ring (bicyclic) bond motifs is 18. The Balaban J connectivity index is 0.000000107. The molecule has 0 N–H and O–H groups in total. The Kier molecular flexibility index (Phi) is 18.6. The first kappa shape index (κ1) is 76.4. The van der Waals surface area contributed by atoms with E-state index in [1.807, 2.05) is 97.7 Å². The van der Waals surface area contributed by atoms with Crippen LogP contribution in [-0.2, 0) is 0 Å². The smallest absolute Gasteiger partial charge is 0.238 e. The Morgan fingerprint density at radius 1 is 0.152 bits per heavy atom. The highest BCUT2D eigenvalue weighted by Gasteiger charge is 2.24. The first-order valence-corrected chi connectivity index (χ1v) is 44.5. The van der Waals surface area contributed by atoms with E-state index in [0.29, 0.717) is 17.6 Å². The maximum Gasteiger partial charge on any atom is 0.238 e. The van der Waals surface area contributed by atoms with Crippen molar-refractivity contribution in [1.82, 2.24) is 57.3 Å². The summed E-state index contributed by atoms with van der Waals surface area (Å²) in [6, 6.07) is 157. The molecule has 132 heavy (non-hydrogen) atoms. The number of pyridine rings is 3. The van der Waals surface area contributed by atoms with Gasteiger partial charge in [0.05, 0.1) is 71.7 Å². The van der Waals surface area contributed by atoms with E-state index in [1.54, 1.807) is 0 Å². The summed E-state index contributed by atoms with van der Waals surface area (Å²) in [4.78, 5) is 28.9. The van der Waals surface area contributed by atoms with Gasteiger partial charge in [0.25, 0.3) is 0 Å². The molecule has 12 nitrogen and oxygen atoms in total. The van der Waals surface area contributed by atoms with Gasteiger partial charge in [-0.15, -0.1) is 0 Å². The SMILES string of the molecule is c1ccc(-c2ccc(-n3c4ccccc4c4cc(-c5ccc6c(c5)c5cnccc5n6-c5ccccc5)ccc43)cc2)cc1.c1ccc(-c2nc(-c3ccccc3)nc(-n3c4ccccc4c4cc(-c5ccc6c(c5)c5cnccc5n6-c5ccccc5)ccc43)n2)cc1.c1ccc(-n2c3ccccc3c3cc(-c4ccc5c(c4)c4ncccc4n5-c4ccccc4)ccc32)cc1. The van der Waals surface area contributed by atoms with Gasteiger partial charge >= 0.3 is 0 Å². The first-order chi connectivity index (χ1) is 65.5. The molecule has 17 aromatic carbocycles. The molecule has 0 fully saturated rings. The molecule has 0 spiro atoms. The van der Waals surface area contributed by atoms with Crippen LogP contribution < -0.4 is 0 Å². The van der Waals surface area contributed by atoms with Crippen LogP contribution in [-0.4, -0.2) is 57.3 Å². The highest BCUT2D eigenvalue weighted by Crippen LogP contribution is 2.44. The van der Waals surface area contributed by atoms with Gasteiger partial charge in [0, 0.05) is 130 Å². The molecule has 27 rings (SSSR count). The summed E-state index contributed by atoms with van der Waals surface area (Å²) in [5.41, 5.74) is 32.0. The predicted octanol–water partition coefficient (Wildman–Crippen LogP) is 30.0. The van der Waals surface area contributed by atoms with Crippen LogP contribution in [0.4, 0.5) is 0 Å². The lowest BCUT2D eigenvalue weighted by Crippen LogP contribution is -2.06. The number of aromatic nitrogens is 12. The van der Waals surface area contributed by atoms with Gasteiger partial charge in [-0.2, -0.15) is 9.97 Å². The zero-order valence-corrected chi connectivity index (χ0v) is 71.4. The summed E-state index contributed by atoms with van der Waals surface area (Å²) >= 11 is 0. The summed E-state index contributed by atoms with van der Waals surface area (Å²) in [5.74, 6) is 1.85. The van der Waals surface area contributed by atoms with Gasteiger partial charge in [-0.3, -0.25) is 19.5 Å². The van der Waals surface area contributed by atoms with E-state index < -0.39 is 0 Å². The fourth-order valence-electron chi connectivity index (χ4n) is 19.8. The Morgan fingerprint density at radius 3 is 0.788 bits per heavy atom. The molecule has 0 aliphatic heterocycles. The maximum absolute atomic E-state index is 5.08. The van der Waals surface area contributed by atoms with E-state index in [2.05, 4.69) is 413 Å². The second-order valence-corrected chi connectivity index (χ2v) is 33.4. The summed E-state index contributed by atoms with van der Waals surface area (Å²) < 4.78 is 13.8. The number of hydrogen-bond donors (Lipinski definition) is 0. The number of para-hydroxylation sites is 7. The van der Waals surface area contributed by atoms with Gasteiger partial charge in [-0.1, -0.05) is 267 Å². The van der Waals surface area contributed by atoms with Crippen LogP contribution in [0.2, 0.25) is 0 Å². The average molecular weight is 1690 g/mol.